The third-order valence-corrected chi connectivity index (χ3v) is 6.04. The number of aromatic nitrogens is 2. The number of amides is 1. The van der Waals surface area contributed by atoms with Gasteiger partial charge in [-0.1, -0.05) is 30.3 Å². The van der Waals surface area contributed by atoms with E-state index in [4.69, 9.17) is 0 Å². The van der Waals surface area contributed by atoms with Crippen molar-refractivity contribution in [2.24, 2.45) is 18.9 Å². The maximum absolute atomic E-state index is 13.0. The van der Waals surface area contributed by atoms with Gasteiger partial charge >= 0.3 is 0 Å². The van der Waals surface area contributed by atoms with E-state index >= 15 is 0 Å². The molecule has 2 aliphatic rings. The highest BCUT2D eigenvalue weighted by Gasteiger charge is 2.33. The molecule has 4 rings (SSSR count). The summed E-state index contributed by atoms with van der Waals surface area (Å²) >= 11 is 0. The molecule has 1 aliphatic carbocycles. The van der Waals surface area contributed by atoms with Crippen molar-refractivity contribution in [3.63, 3.8) is 0 Å². The summed E-state index contributed by atoms with van der Waals surface area (Å²) in [6.45, 7) is 1.25. The van der Waals surface area contributed by atoms with E-state index in [1.54, 1.807) is 13.1 Å². The molecule has 28 heavy (non-hydrogen) atoms. The monoisotopic (exact) mass is 379 g/mol. The van der Waals surface area contributed by atoms with Crippen LogP contribution in [-0.4, -0.2) is 39.5 Å². The fourth-order valence-electron chi connectivity index (χ4n) is 4.36. The van der Waals surface area contributed by atoms with Gasteiger partial charge in [-0.2, -0.15) is 5.10 Å². The van der Waals surface area contributed by atoms with Crippen LogP contribution in [0.2, 0.25) is 0 Å². The molecule has 2 heterocycles. The lowest BCUT2D eigenvalue weighted by Crippen LogP contribution is -2.44. The van der Waals surface area contributed by atoms with Crippen molar-refractivity contribution in [1.82, 2.24) is 14.7 Å². The number of ketones is 1. The number of rotatable bonds is 3. The van der Waals surface area contributed by atoms with E-state index < -0.39 is 0 Å². The lowest BCUT2D eigenvalue weighted by Gasteiger charge is -2.35. The molecule has 0 radical (unpaired) electrons. The zero-order valence-corrected chi connectivity index (χ0v) is 16.1. The normalized spacial score (nSPS) is 19.9. The van der Waals surface area contributed by atoms with Crippen LogP contribution in [0.1, 0.15) is 40.9 Å². The predicted molar refractivity (Wildman–Crippen MR) is 105 cm³/mol. The van der Waals surface area contributed by atoms with Gasteiger partial charge in [0.15, 0.2) is 5.78 Å². The number of hydrogen-bond donors (Lipinski definition) is 0. The van der Waals surface area contributed by atoms with E-state index in [-0.39, 0.29) is 29.1 Å². The first-order valence-corrected chi connectivity index (χ1v) is 9.97. The van der Waals surface area contributed by atoms with Crippen molar-refractivity contribution in [3.05, 3.63) is 63.6 Å². The number of carbonyl (C=O) groups excluding carboxylic acids is 2. The van der Waals surface area contributed by atoms with E-state index in [2.05, 4.69) is 5.10 Å². The number of hydrogen-bond acceptors (Lipinski definition) is 4. The van der Waals surface area contributed by atoms with Gasteiger partial charge in [-0.05, 0) is 37.7 Å². The third kappa shape index (κ3) is 3.63. The molecule has 0 N–H and O–H groups in total. The van der Waals surface area contributed by atoms with Crippen LogP contribution in [0, 0.1) is 11.8 Å². The summed E-state index contributed by atoms with van der Waals surface area (Å²) in [6, 6.07) is 11.0. The standard InChI is InChI=1S/C22H25N3O3/c1-24-20(26)14-18-13-17(7-8-19(18)23-24)22(28)25-11-9-16(10-12-25)21(27)15-5-3-2-4-6-15/h2-6,14,16-17H,7-13H2,1H3. The topological polar surface area (TPSA) is 72.3 Å². The van der Waals surface area contributed by atoms with Gasteiger partial charge in [0.05, 0.1) is 5.69 Å². The molecule has 1 amide bonds. The Kier molecular flexibility index (Phi) is 5.11. The molecule has 1 atom stereocenters. The average molecular weight is 379 g/mol. The molecule has 146 valence electrons. The summed E-state index contributed by atoms with van der Waals surface area (Å²) < 4.78 is 1.36. The molecule has 0 bridgehead atoms. The Balaban J connectivity index is 1.37. The molecule has 6 nitrogen and oxygen atoms in total. The quantitative estimate of drug-likeness (QED) is 0.765. The zero-order chi connectivity index (χ0) is 19.7. The highest BCUT2D eigenvalue weighted by Crippen LogP contribution is 2.28. The number of fused-ring (bicyclic) bond motifs is 1. The second kappa shape index (κ2) is 7.70. The summed E-state index contributed by atoms with van der Waals surface area (Å²) in [6.07, 6.45) is 3.50. The maximum Gasteiger partial charge on any atom is 0.266 e. The summed E-state index contributed by atoms with van der Waals surface area (Å²) in [7, 11) is 1.65. The average Bonchev–Trinajstić information content (AvgIpc) is 2.74. The molecule has 1 aliphatic heterocycles. The van der Waals surface area contributed by atoms with Gasteiger partial charge in [0, 0.05) is 43.6 Å². The second-order valence-electron chi connectivity index (χ2n) is 7.85. The lowest BCUT2D eigenvalue weighted by molar-refractivity contribution is -0.137. The van der Waals surface area contributed by atoms with Gasteiger partial charge < -0.3 is 4.90 Å². The second-order valence-corrected chi connectivity index (χ2v) is 7.85. The summed E-state index contributed by atoms with van der Waals surface area (Å²) in [4.78, 5) is 39.4. The first-order chi connectivity index (χ1) is 13.5. The molecular weight excluding hydrogens is 354 g/mol. The Bertz CT molecular complexity index is 943. The fraction of sp³-hybridized carbons (Fsp3) is 0.455. The molecule has 2 aromatic rings. The van der Waals surface area contributed by atoms with Crippen molar-refractivity contribution in [2.45, 2.75) is 32.1 Å². The molecule has 6 heteroatoms. The molecule has 0 spiro atoms. The van der Waals surface area contributed by atoms with Crippen LogP contribution >= 0.6 is 0 Å². The molecular formula is C22H25N3O3. The number of nitrogens with zero attached hydrogens (tertiary/aromatic N) is 3. The van der Waals surface area contributed by atoms with Gasteiger partial charge in [0.2, 0.25) is 5.91 Å². The summed E-state index contributed by atoms with van der Waals surface area (Å²) in [5.41, 5.74) is 2.46. The smallest absolute Gasteiger partial charge is 0.266 e. The van der Waals surface area contributed by atoms with Crippen molar-refractivity contribution in [2.75, 3.05) is 13.1 Å². The number of benzene rings is 1. The van der Waals surface area contributed by atoms with Gasteiger partial charge in [-0.15, -0.1) is 0 Å². The van der Waals surface area contributed by atoms with E-state index in [1.807, 2.05) is 35.2 Å². The number of aryl methyl sites for hydroxylation is 2. The Hall–Kier alpha value is -2.76. The van der Waals surface area contributed by atoms with E-state index in [9.17, 15) is 14.4 Å². The molecule has 1 saturated heterocycles. The number of likely N-dealkylation sites (tertiary alicyclic amines) is 1. The van der Waals surface area contributed by atoms with Gasteiger partial charge in [-0.3, -0.25) is 14.4 Å². The molecule has 1 aromatic heterocycles. The Morgan fingerprint density at radius 1 is 1.04 bits per heavy atom. The van der Waals surface area contributed by atoms with Crippen LogP contribution in [0.4, 0.5) is 0 Å². The van der Waals surface area contributed by atoms with Crippen molar-refractivity contribution < 1.29 is 9.59 Å². The first-order valence-electron chi connectivity index (χ1n) is 9.97. The third-order valence-electron chi connectivity index (χ3n) is 6.04. The van der Waals surface area contributed by atoms with E-state index in [0.717, 1.165) is 29.7 Å². The zero-order valence-electron chi connectivity index (χ0n) is 16.1. The summed E-state index contributed by atoms with van der Waals surface area (Å²) in [5, 5.41) is 4.32. The van der Waals surface area contributed by atoms with Gasteiger partial charge in [-0.25, -0.2) is 4.68 Å². The van der Waals surface area contributed by atoms with Crippen molar-refractivity contribution in [1.29, 1.82) is 0 Å². The highest BCUT2D eigenvalue weighted by molar-refractivity contribution is 5.98. The minimum Gasteiger partial charge on any atom is -0.342 e. The predicted octanol–water partition coefficient (Wildman–Crippen LogP) is 2.01. The Morgan fingerprint density at radius 3 is 2.46 bits per heavy atom. The van der Waals surface area contributed by atoms with Crippen LogP contribution in [0.25, 0.3) is 0 Å². The van der Waals surface area contributed by atoms with Gasteiger partial charge in [0.25, 0.3) is 5.56 Å². The van der Waals surface area contributed by atoms with E-state index in [1.165, 1.54) is 4.68 Å². The molecule has 0 saturated carbocycles. The fourth-order valence-corrected chi connectivity index (χ4v) is 4.36. The molecule has 1 aromatic carbocycles. The van der Waals surface area contributed by atoms with Crippen LogP contribution in [-0.2, 0) is 24.7 Å². The minimum atomic E-state index is -0.132. The Morgan fingerprint density at radius 2 is 1.75 bits per heavy atom. The Labute approximate surface area is 164 Å². The lowest BCUT2D eigenvalue weighted by atomic mass is 9.84. The SMILES string of the molecule is Cn1nc2c(cc1=O)CC(C(=O)N1CCC(C(=O)c3ccccc3)CC1)CC2. The number of piperidine rings is 1. The first kappa shape index (κ1) is 18.6. The van der Waals surface area contributed by atoms with Crippen LogP contribution in [0.3, 0.4) is 0 Å². The van der Waals surface area contributed by atoms with Crippen molar-refractivity contribution in [3.8, 4) is 0 Å². The largest absolute Gasteiger partial charge is 0.342 e. The van der Waals surface area contributed by atoms with Crippen LogP contribution in [0.15, 0.2) is 41.2 Å². The van der Waals surface area contributed by atoms with Gasteiger partial charge in [0.1, 0.15) is 0 Å². The van der Waals surface area contributed by atoms with Crippen LogP contribution in [0.5, 0.6) is 0 Å². The number of Topliss-reactive ketones (excluding diaryl/α,β-unsaturated/α-hetero) is 1. The molecule has 1 unspecified atom stereocenters. The highest BCUT2D eigenvalue weighted by atomic mass is 16.2. The van der Waals surface area contributed by atoms with Crippen molar-refractivity contribution >= 4 is 11.7 Å². The van der Waals surface area contributed by atoms with E-state index in [0.29, 0.717) is 32.4 Å². The molecule has 1 fully saturated rings. The minimum absolute atomic E-state index is 0.00856. The number of carbonyl (C=O) groups is 2. The van der Waals surface area contributed by atoms with Crippen LogP contribution < -0.4 is 5.56 Å². The maximum atomic E-state index is 13.0. The summed E-state index contributed by atoms with van der Waals surface area (Å²) in [5.74, 6) is 0.228.